The van der Waals surface area contributed by atoms with Gasteiger partial charge >= 0.3 is 5.97 Å². The van der Waals surface area contributed by atoms with E-state index in [-0.39, 0.29) is 13.3 Å². The van der Waals surface area contributed by atoms with Gasteiger partial charge in [0, 0.05) is 17.6 Å². The molecule has 1 aliphatic heterocycles. The number of fused-ring (bicyclic) bond motifs is 1. The molecule has 16 heavy (non-hydrogen) atoms. The van der Waals surface area contributed by atoms with Crippen molar-refractivity contribution in [3.63, 3.8) is 0 Å². The molecule has 0 aromatic heterocycles. The lowest BCUT2D eigenvalue weighted by atomic mass is 10.2. The fraction of sp³-hybridized carbons (Fsp3) is 0.300. The smallest absolute Gasteiger partial charge is 0.317 e. The van der Waals surface area contributed by atoms with Crippen LogP contribution in [-0.4, -0.2) is 24.4 Å². The van der Waals surface area contributed by atoms with Crippen LogP contribution < -0.4 is 14.8 Å². The van der Waals surface area contributed by atoms with Crippen LogP contribution in [0.5, 0.6) is 11.5 Å². The van der Waals surface area contributed by atoms with E-state index in [1.165, 1.54) is 0 Å². The van der Waals surface area contributed by atoms with E-state index >= 15 is 0 Å². The first-order valence-corrected chi connectivity index (χ1v) is 5.05. The Labute approximate surface area is 96.9 Å². The van der Waals surface area contributed by atoms with Gasteiger partial charge in [-0.15, -0.1) is 0 Å². The fourth-order valence-corrected chi connectivity index (χ4v) is 1.62. The summed E-state index contributed by atoms with van der Waals surface area (Å²) in [6.07, 6.45) is 0. The summed E-state index contributed by atoms with van der Waals surface area (Å²) in [7, 11) is 0. The monoisotopic (exact) mass is 243 g/mol. The highest BCUT2D eigenvalue weighted by molar-refractivity contribution is 6.31. The molecule has 2 rings (SSSR count). The highest BCUT2D eigenvalue weighted by Gasteiger charge is 2.16. The van der Waals surface area contributed by atoms with Crippen molar-refractivity contribution in [3.8, 4) is 11.5 Å². The molecule has 0 spiro atoms. The maximum atomic E-state index is 10.3. The predicted octanol–water partition coefficient (Wildman–Crippen LogP) is 1.24. The molecule has 1 aromatic carbocycles. The number of rotatable bonds is 4. The summed E-state index contributed by atoms with van der Waals surface area (Å²) < 4.78 is 10.4. The number of nitrogens with one attached hydrogen (secondary N) is 1. The summed E-state index contributed by atoms with van der Waals surface area (Å²) in [5.74, 6) is 0.348. The Hall–Kier alpha value is -1.46. The van der Waals surface area contributed by atoms with Crippen molar-refractivity contribution < 1.29 is 19.4 Å². The zero-order chi connectivity index (χ0) is 11.5. The van der Waals surface area contributed by atoms with E-state index in [0.29, 0.717) is 23.1 Å². The fourth-order valence-electron chi connectivity index (χ4n) is 1.40. The van der Waals surface area contributed by atoms with Crippen LogP contribution in [0.2, 0.25) is 5.02 Å². The largest absolute Gasteiger partial charge is 0.480 e. The quantitative estimate of drug-likeness (QED) is 0.833. The van der Waals surface area contributed by atoms with Gasteiger partial charge in [-0.05, 0) is 11.6 Å². The Kier molecular flexibility index (Phi) is 3.17. The third-order valence-corrected chi connectivity index (χ3v) is 2.49. The highest BCUT2D eigenvalue weighted by Crippen LogP contribution is 2.36. The molecule has 0 atom stereocenters. The highest BCUT2D eigenvalue weighted by atomic mass is 35.5. The van der Waals surface area contributed by atoms with E-state index in [2.05, 4.69) is 5.32 Å². The Morgan fingerprint density at radius 2 is 2.12 bits per heavy atom. The molecule has 1 heterocycles. The van der Waals surface area contributed by atoms with Gasteiger partial charge in [0.05, 0.1) is 6.54 Å². The number of carboxylic acid groups (broad SMARTS) is 1. The molecular weight excluding hydrogens is 234 g/mol. The minimum absolute atomic E-state index is 0.106. The molecule has 0 saturated heterocycles. The van der Waals surface area contributed by atoms with Crippen molar-refractivity contribution in [2.75, 3.05) is 13.3 Å². The number of aliphatic carboxylic acids is 1. The lowest BCUT2D eigenvalue weighted by Gasteiger charge is -2.06. The summed E-state index contributed by atoms with van der Waals surface area (Å²) in [6, 6.07) is 3.42. The topological polar surface area (TPSA) is 67.8 Å². The number of carbonyl (C=O) groups is 1. The molecule has 5 nitrogen and oxygen atoms in total. The molecule has 0 radical (unpaired) electrons. The van der Waals surface area contributed by atoms with Crippen LogP contribution in [0.3, 0.4) is 0 Å². The first kappa shape index (κ1) is 11.0. The predicted molar refractivity (Wildman–Crippen MR) is 56.9 cm³/mol. The van der Waals surface area contributed by atoms with Gasteiger partial charge in [-0.2, -0.15) is 0 Å². The minimum atomic E-state index is -0.906. The average Bonchev–Trinajstić information content (AvgIpc) is 2.64. The summed E-state index contributed by atoms with van der Waals surface area (Å²) in [5, 5.41) is 11.8. The van der Waals surface area contributed by atoms with Crippen molar-refractivity contribution in [3.05, 3.63) is 22.7 Å². The van der Waals surface area contributed by atoms with Crippen molar-refractivity contribution >= 4 is 17.6 Å². The average molecular weight is 244 g/mol. The van der Waals surface area contributed by atoms with Gasteiger partial charge in [0.25, 0.3) is 0 Å². The van der Waals surface area contributed by atoms with Crippen molar-refractivity contribution in [2.45, 2.75) is 6.54 Å². The van der Waals surface area contributed by atoms with E-state index in [0.717, 1.165) is 5.56 Å². The zero-order valence-electron chi connectivity index (χ0n) is 8.33. The summed E-state index contributed by atoms with van der Waals surface area (Å²) in [5.41, 5.74) is 0.784. The maximum Gasteiger partial charge on any atom is 0.317 e. The van der Waals surface area contributed by atoms with E-state index in [1.807, 2.05) is 0 Å². The summed E-state index contributed by atoms with van der Waals surface area (Å²) in [4.78, 5) is 10.3. The van der Waals surface area contributed by atoms with E-state index in [9.17, 15) is 4.79 Å². The molecule has 0 bridgehead atoms. The molecule has 1 aliphatic rings. The lowest BCUT2D eigenvalue weighted by molar-refractivity contribution is -0.135. The molecule has 0 aliphatic carbocycles. The van der Waals surface area contributed by atoms with Gasteiger partial charge < -0.3 is 19.9 Å². The Bertz CT molecular complexity index is 422. The van der Waals surface area contributed by atoms with Crippen LogP contribution in [0.15, 0.2) is 12.1 Å². The second-order valence-electron chi connectivity index (χ2n) is 3.29. The molecule has 6 heteroatoms. The lowest BCUT2D eigenvalue weighted by Crippen LogP contribution is -2.21. The normalized spacial score (nSPS) is 12.8. The van der Waals surface area contributed by atoms with Gasteiger partial charge in [-0.1, -0.05) is 11.6 Å². The summed E-state index contributed by atoms with van der Waals surface area (Å²) >= 11 is 6.00. The van der Waals surface area contributed by atoms with Gasteiger partial charge in [0.2, 0.25) is 6.79 Å². The number of hydrogen-bond donors (Lipinski definition) is 2. The van der Waals surface area contributed by atoms with Gasteiger partial charge in [-0.25, -0.2) is 0 Å². The molecule has 0 amide bonds. The number of ether oxygens (including phenoxy) is 2. The number of benzene rings is 1. The number of carboxylic acids is 1. The van der Waals surface area contributed by atoms with E-state index in [4.69, 9.17) is 26.2 Å². The molecule has 2 N–H and O–H groups in total. The first-order valence-electron chi connectivity index (χ1n) is 4.67. The molecule has 0 unspecified atom stereocenters. The van der Waals surface area contributed by atoms with Crippen LogP contribution in [0.4, 0.5) is 0 Å². The third kappa shape index (κ3) is 2.37. The van der Waals surface area contributed by atoms with Crippen LogP contribution in [0, 0.1) is 0 Å². The van der Waals surface area contributed by atoms with Crippen LogP contribution in [-0.2, 0) is 11.3 Å². The Morgan fingerprint density at radius 3 is 2.81 bits per heavy atom. The standard InChI is InChI=1S/C10H10ClNO4/c11-7-2-9-8(15-5-16-9)1-6(7)3-12-4-10(13)14/h1-2,12H,3-5H2,(H,13,14). The van der Waals surface area contributed by atoms with E-state index < -0.39 is 5.97 Å². The van der Waals surface area contributed by atoms with Gasteiger partial charge in [0.15, 0.2) is 11.5 Å². The second-order valence-corrected chi connectivity index (χ2v) is 3.70. The first-order chi connectivity index (χ1) is 7.66. The van der Waals surface area contributed by atoms with E-state index in [1.54, 1.807) is 12.1 Å². The van der Waals surface area contributed by atoms with Crippen molar-refractivity contribution in [1.82, 2.24) is 5.32 Å². The molecule has 86 valence electrons. The number of hydrogen-bond acceptors (Lipinski definition) is 4. The number of halogens is 1. The Balaban J connectivity index is 2.06. The van der Waals surface area contributed by atoms with Crippen LogP contribution in [0.25, 0.3) is 0 Å². The molecular formula is C10H10ClNO4. The SMILES string of the molecule is O=C(O)CNCc1cc2c(cc1Cl)OCO2. The van der Waals surface area contributed by atoms with Gasteiger partial charge in [-0.3, -0.25) is 4.79 Å². The molecule has 1 aromatic rings. The van der Waals surface area contributed by atoms with Crippen molar-refractivity contribution in [1.29, 1.82) is 0 Å². The maximum absolute atomic E-state index is 10.3. The van der Waals surface area contributed by atoms with Crippen LogP contribution >= 0.6 is 11.6 Å². The minimum Gasteiger partial charge on any atom is -0.480 e. The van der Waals surface area contributed by atoms with Crippen molar-refractivity contribution in [2.24, 2.45) is 0 Å². The Morgan fingerprint density at radius 1 is 1.44 bits per heavy atom. The third-order valence-electron chi connectivity index (χ3n) is 2.13. The summed E-state index contributed by atoms with van der Waals surface area (Å²) in [6.45, 7) is 0.463. The van der Waals surface area contributed by atoms with Gasteiger partial charge in [0.1, 0.15) is 0 Å². The zero-order valence-corrected chi connectivity index (χ0v) is 9.08. The van der Waals surface area contributed by atoms with Crippen LogP contribution in [0.1, 0.15) is 5.56 Å². The molecule has 0 fully saturated rings. The second kappa shape index (κ2) is 4.59. The molecule has 0 saturated carbocycles.